The van der Waals surface area contributed by atoms with Crippen molar-refractivity contribution in [2.75, 3.05) is 33.2 Å². The van der Waals surface area contributed by atoms with E-state index in [2.05, 4.69) is 47.5 Å². The maximum absolute atomic E-state index is 12.6. The summed E-state index contributed by atoms with van der Waals surface area (Å²) in [5, 5.41) is 3.26. The maximum atomic E-state index is 12.6. The predicted molar refractivity (Wildman–Crippen MR) is 95.7 cm³/mol. The van der Waals surface area contributed by atoms with Crippen LogP contribution in [0.5, 0.6) is 0 Å². The first-order valence-corrected chi connectivity index (χ1v) is 8.39. The molecule has 2 unspecified atom stereocenters. The zero-order valence-corrected chi connectivity index (χ0v) is 14.9. The van der Waals surface area contributed by atoms with Crippen molar-refractivity contribution in [3.63, 3.8) is 0 Å². The lowest BCUT2D eigenvalue weighted by atomic mass is 9.87. The van der Waals surface area contributed by atoms with Gasteiger partial charge in [0, 0.05) is 38.6 Å². The maximum Gasteiger partial charge on any atom is 0.225 e. The number of hydrogen-bond donors (Lipinski definition) is 1. The minimum absolute atomic E-state index is 0. The lowest BCUT2D eigenvalue weighted by Gasteiger charge is -2.35. The van der Waals surface area contributed by atoms with Gasteiger partial charge in [0.2, 0.25) is 5.91 Å². The Bertz CT molecular complexity index is 506. The van der Waals surface area contributed by atoms with Crippen molar-refractivity contribution in [3.05, 3.63) is 35.9 Å². The van der Waals surface area contributed by atoms with E-state index in [0.29, 0.717) is 17.9 Å². The molecular formula is C18H28ClN3O. The summed E-state index contributed by atoms with van der Waals surface area (Å²) >= 11 is 0. The van der Waals surface area contributed by atoms with E-state index in [0.717, 1.165) is 39.1 Å². The molecule has 2 heterocycles. The summed E-state index contributed by atoms with van der Waals surface area (Å²) in [6.45, 7) is 7.13. The van der Waals surface area contributed by atoms with Crippen LogP contribution in [0.25, 0.3) is 0 Å². The van der Waals surface area contributed by atoms with Crippen LogP contribution in [0.3, 0.4) is 0 Å². The number of carbonyl (C=O) groups excluding carboxylic acids is 1. The summed E-state index contributed by atoms with van der Waals surface area (Å²) < 4.78 is 0. The molecule has 3 rings (SSSR count). The van der Waals surface area contributed by atoms with Gasteiger partial charge in [-0.15, -0.1) is 12.4 Å². The molecule has 1 N–H and O–H groups in total. The molecule has 128 valence electrons. The predicted octanol–water partition coefficient (Wildman–Crippen LogP) is 2.00. The minimum Gasteiger partial charge on any atom is -0.341 e. The van der Waals surface area contributed by atoms with Gasteiger partial charge in [0.25, 0.3) is 0 Å². The number of likely N-dealkylation sites (tertiary alicyclic amines) is 1. The van der Waals surface area contributed by atoms with Gasteiger partial charge in [-0.3, -0.25) is 9.69 Å². The highest BCUT2D eigenvalue weighted by Crippen LogP contribution is 2.22. The van der Waals surface area contributed by atoms with Crippen molar-refractivity contribution >= 4 is 18.3 Å². The first-order valence-electron chi connectivity index (χ1n) is 8.39. The molecule has 1 amide bonds. The van der Waals surface area contributed by atoms with Crippen molar-refractivity contribution in [2.24, 2.45) is 11.8 Å². The summed E-state index contributed by atoms with van der Waals surface area (Å²) in [4.78, 5) is 17.1. The Morgan fingerprint density at radius 1 is 1.35 bits per heavy atom. The molecule has 2 fully saturated rings. The third-order valence-electron chi connectivity index (χ3n) is 5.30. The monoisotopic (exact) mass is 337 g/mol. The molecule has 23 heavy (non-hydrogen) atoms. The van der Waals surface area contributed by atoms with Crippen LogP contribution in [0.15, 0.2) is 30.3 Å². The molecular weight excluding hydrogens is 310 g/mol. The smallest absolute Gasteiger partial charge is 0.225 e. The number of carbonyl (C=O) groups is 1. The van der Waals surface area contributed by atoms with Crippen LogP contribution in [0, 0.1) is 11.8 Å². The first-order chi connectivity index (χ1) is 10.6. The molecule has 0 saturated carbocycles. The van der Waals surface area contributed by atoms with Crippen molar-refractivity contribution in [3.8, 4) is 0 Å². The highest BCUT2D eigenvalue weighted by Gasteiger charge is 2.34. The summed E-state index contributed by atoms with van der Waals surface area (Å²) in [5.41, 5.74) is 1.35. The van der Waals surface area contributed by atoms with Crippen molar-refractivity contribution < 1.29 is 4.79 Å². The molecule has 0 radical (unpaired) electrons. The first kappa shape index (κ1) is 18.2. The number of nitrogens with zero attached hydrogens (tertiary/aromatic N) is 2. The number of amides is 1. The van der Waals surface area contributed by atoms with E-state index >= 15 is 0 Å². The Labute approximate surface area is 145 Å². The number of benzene rings is 1. The molecule has 1 aromatic rings. The standard InChI is InChI=1S/C18H27N3O.ClH/c1-14(16-10-19-11-16)18(22)20(2)17-8-9-21(13-17)12-15-6-4-3-5-7-15;/h3-7,14,16-17,19H,8-13H2,1-2H3;1H. The van der Waals surface area contributed by atoms with E-state index in [9.17, 15) is 4.79 Å². The molecule has 2 aliphatic rings. The largest absolute Gasteiger partial charge is 0.341 e. The van der Waals surface area contributed by atoms with Gasteiger partial charge < -0.3 is 10.2 Å². The summed E-state index contributed by atoms with van der Waals surface area (Å²) in [7, 11) is 1.99. The molecule has 0 aliphatic carbocycles. The number of halogens is 1. The van der Waals surface area contributed by atoms with Gasteiger partial charge in [0.05, 0.1) is 0 Å². The Hall–Kier alpha value is -1.10. The number of hydrogen-bond acceptors (Lipinski definition) is 3. The Kier molecular flexibility index (Phi) is 6.45. The van der Waals surface area contributed by atoms with Crippen LogP contribution in [-0.2, 0) is 11.3 Å². The van der Waals surface area contributed by atoms with Crippen molar-refractivity contribution in [1.82, 2.24) is 15.1 Å². The van der Waals surface area contributed by atoms with Crippen LogP contribution in [0.2, 0.25) is 0 Å². The second-order valence-corrected chi connectivity index (χ2v) is 6.82. The van der Waals surface area contributed by atoms with Gasteiger partial charge in [-0.25, -0.2) is 0 Å². The average Bonchev–Trinajstić information content (AvgIpc) is 2.93. The number of likely N-dealkylation sites (N-methyl/N-ethyl adjacent to an activating group) is 1. The summed E-state index contributed by atoms with van der Waals surface area (Å²) in [6, 6.07) is 11.0. The summed E-state index contributed by atoms with van der Waals surface area (Å²) in [6.07, 6.45) is 1.09. The van der Waals surface area contributed by atoms with Crippen LogP contribution in [0.1, 0.15) is 18.9 Å². The van der Waals surface area contributed by atoms with Crippen LogP contribution in [0.4, 0.5) is 0 Å². The van der Waals surface area contributed by atoms with Crippen molar-refractivity contribution in [1.29, 1.82) is 0 Å². The third-order valence-corrected chi connectivity index (χ3v) is 5.30. The lowest BCUT2D eigenvalue weighted by molar-refractivity contribution is -0.138. The fraction of sp³-hybridized carbons (Fsp3) is 0.611. The van der Waals surface area contributed by atoms with Crippen molar-refractivity contribution in [2.45, 2.75) is 25.9 Å². The normalized spacial score (nSPS) is 23.0. The van der Waals surface area contributed by atoms with Gasteiger partial charge in [0.1, 0.15) is 0 Å². The molecule has 0 aromatic heterocycles. The highest BCUT2D eigenvalue weighted by atomic mass is 35.5. The quantitative estimate of drug-likeness (QED) is 0.892. The van der Waals surface area contributed by atoms with Crippen LogP contribution >= 0.6 is 12.4 Å². The zero-order chi connectivity index (χ0) is 15.5. The lowest BCUT2D eigenvalue weighted by Crippen LogP contribution is -2.51. The van der Waals surface area contributed by atoms with Gasteiger partial charge in [-0.1, -0.05) is 37.3 Å². The fourth-order valence-corrected chi connectivity index (χ4v) is 3.48. The van der Waals surface area contributed by atoms with E-state index in [4.69, 9.17) is 0 Å². The molecule has 2 saturated heterocycles. The Morgan fingerprint density at radius 2 is 2.04 bits per heavy atom. The fourth-order valence-electron chi connectivity index (χ4n) is 3.48. The van der Waals surface area contributed by atoms with Gasteiger partial charge in [-0.2, -0.15) is 0 Å². The topological polar surface area (TPSA) is 35.6 Å². The van der Waals surface area contributed by atoms with E-state index in [1.807, 2.05) is 11.9 Å². The molecule has 1 aromatic carbocycles. The zero-order valence-electron chi connectivity index (χ0n) is 14.1. The Balaban J connectivity index is 0.00000192. The number of rotatable bonds is 5. The molecule has 4 nitrogen and oxygen atoms in total. The van der Waals surface area contributed by atoms with Gasteiger partial charge in [0.15, 0.2) is 0 Å². The highest BCUT2D eigenvalue weighted by molar-refractivity contribution is 5.85. The molecule has 5 heteroatoms. The van der Waals surface area contributed by atoms with E-state index in [1.54, 1.807) is 0 Å². The molecule has 0 spiro atoms. The van der Waals surface area contributed by atoms with E-state index in [1.165, 1.54) is 5.56 Å². The SMILES string of the molecule is CC(C(=O)N(C)C1CCN(Cc2ccccc2)C1)C1CNC1.Cl. The number of nitrogens with one attached hydrogen (secondary N) is 1. The second kappa shape index (κ2) is 8.13. The van der Waals surface area contributed by atoms with Gasteiger partial charge in [-0.05, 0) is 31.0 Å². The van der Waals surface area contributed by atoms with Gasteiger partial charge >= 0.3 is 0 Å². The third kappa shape index (κ3) is 4.25. The summed E-state index contributed by atoms with van der Waals surface area (Å²) in [5.74, 6) is 0.990. The average molecular weight is 338 g/mol. The second-order valence-electron chi connectivity index (χ2n) is 6.82. The minimum atomic E-state index is 0. The molecule has 0 bridgehead atoms. The van der Waals surface area contributed by atoms with Crippen LogP contribution in [-0.4, -0.2) is 55.0 Å². The molecule has 2 atom stereocenters. The van der Waals surface area contributed by atoms with E-state index in [-0.39, 0.29) is 18.3 Å². The van der Waals surface area contributed by atoms with E-state index < -0.39 is 0 Å². The Morgan fingerprint density at radius 3 is 2.65 bits per heavy atom. The van der Waals surface area contributed by atoms with Crippen LogP contribution < -0.4 is 5.32 Å². The molecule has 2 aliphatic heterocycles.